The Bertz CT molecular complexity index is 3460. The highest BCUT2D eigenvalue weighted by Crippen LogP contribution is 2.37. The van der Waals surface area contributed by atoms with Crippen molar-refractivity contribution >= 4 is 56.8 Å². The summed E-state index contributed by atoms with van der Waals surface area (Å²) in [6.45, 7) is 7.75. The number of fused-ring (bicyclic) bond motifs is 1. The van der Waals surface area contributed by atoms with Gasteiger partial charge in [-0.05, 0) is 127 Å². The number of anilines is 2. The normalized spacial score (nSPS) is 17.4. The van der Waals surface area contributed by atoms with Crippen LogP contribution in [0.4, 0.5) is 50.9 Å². The molecule has 6 heterocycles. The summed E-state index contributed by atoms with van der Waals surface area (Å²) in [6.07, 6.45) is 5.93. The molecule has 0 radical (unpaired) electrons. The van der Waals surface area contributed by atoms with Gasteiger partial charge in [0, 0.05) is 90.9 Å². The number of carbonyl (C=O) groups excluding carboxylic acids is 2. The number of pyridine rings is 1. The van der Waals surface area contributed by atoms with E-state index in [1.807, 2.05) is 11.8 Å². The molecular formula is C57H62BrF9N8O9. The molecule has 6 aromatic rings. The molecule has 0 bridgehead atoms. The number of amides is 1. The number of aromatic nitrogens is 4. The van der Waals surface area contributed by atoms with Gasteiger partial charge in [0.1, 0.15) is 69.3 Å². The largest absolute Gasteiger partial charge is 0.480 e. The van der Waals surface area contributed by atoms with E-state index < -0.39 is 105 Å². The average Bonchev–Trinajstić information content (AvgIpc) is 1.73. The van der Waals surface area contributed by atoms with Crippen molar-refractivity contribution < 1.29 is 73.6 Å². The lowest BCUT2D eigenvalue weighted by Gasteiger charge is -2.38. The molecule has 27 heteroatoms. The van der Waals surface area contributed by atoms with Gasteiger partial charge in [0.2, 0.25) is 0 Å². The number of aromatic carboxylic acids is 1. The van der Waals surface area contributed by atoms with Crippen LogP contribution in [-0.2, 0) is 30.0 Å². The topological polar surface area (TPSA) is 210 Å². The molecule has 4 atom stereocenters. The second-order valence-corrected chi connectivity index (χ2v) is 21.3. The highest BCUT2D eigenvalue weighted by atomic mass is 79.9. The number of benzene rings is 3. The average molecular weight is 1250 g/mol. The van der Waals surface area contributed by atoms with E-state index in [0.29, 0.717) is 59.8 Å². The van der Waals surface area contributed by atoms with E-state index in [-0.39, 0.29) is 41.2 Å². The van der Waals surface area contributed by atoms with Gasteiger partial charge >= 0.3 is 29.8 Å². The Hall–Kier alpha value is -7.68. The van der Waals surface area contributed by atoms with Crippen molar-refractivity contribution in [2.75, 3.05) is 36.5 Å². The fourth-order valence-electron chi connectivity index (χ4n) is 10.1. The number of nitrogens with zero attached hydrogens (tertiary/aromatic N) is 6. The maximum Gasteiger partial charge on any atom is 0.408 e. The third kappa shape index (κ3) is 15.4. The molecule has 3 aromatic heterocycles. The highest BCUT2D eigenvalue weighted by molar-refractivity contribution is 9.10. The van der Waals surface area contributed by atoms with Crippen LogP contribution in [0.5, 0.6) is 0 Å². The van der Waals surface area contributed by atoms with E-state index in [4.69, 9.17) is 5.11 Å². The molecule has 84 heavy (non-hydrogen) atoms. The van der Waals surface area contributed by atoms with E-state index in [1.165, 1.54) is 43.6 Å². The maximum absolute atomic E-state index is 15.1. The molecule has 3 aliphatic rings. The van der Waals surface area contributed by atoms with Crippen LogP contribution in [0, 0.1) is 41.8 Å². The van der Waals surface area contributed by atoms with Crippen molar-refractivity contribution in [1.29, 1.82) is 0 Å². The molecule has 1 amide bonds. The fourth-order valence-corrected chi connectivity index (χ4v) is 10.5. The molecule has 454 valence electrons. The van der Waals surface area contributed by atoms with Gasteiger partial charge in [0.05, 0.1) is 12.7 Å². The number of rotatable bonds is 10. The molecule has 0 spiro atoms. The molecule has 3 aliphatic heterocycles. The number of nitrogens with one attached hydrogen (secondary N) is 2. The summed E-state index contributed by atoms with van der Waals surface area (Å²) in [5, 5.41) is 24.2. The van der Waals surface area contributed by atoms with Crippen LogP contribution >= 0.6 is 15.9 Å². The van der Waals surface area contributed by atoms with E-state index in [1.54, 1.807) is 36.7 Å². The fraction of sp³-hybridized carbons (Fsp3) is 0.421. The maximum atomic E-state index is 15.1. The summed E-state index contributed by atoms with van der Waals surface area (Å²) in [7, 11) is 3.98. The Labute approximate surface area is 484 Å². The quantitative estimate of drug-likeness (QED) is 0.0744. The van der Waals surface area contributed by atoms with Crippen molar-refractivity contribution in [2.24, 2.45) is 14.1 Å². The van der Waals surface area contributed by atoms with Crippen LogP contribution in [0.1, 0.15) is 114 Å². The second kappa shape index (κ2) is 28.3. The molecule has 0 saturated carbocycles. The summed E-state index contributed by atoms with van der Waals surface area (Å²) in [6, 6.07) is 6.15. The SMILES string of the molecule is COC(=O)c1c(F)cc(Br)cc1F.C[C@@H]1CCCCN1.Cc1c(-c2ccc(C[C@H](NC(=O)c3c(F)cc(N4CCCC[C@H]4C)cc3F)C(=O)O)n3ccnc23)c(=O)n(C)c(=O)n1C.O=C(O)c1c(F)cc(N2CCCC[C@H]2C(F)(F)F)cc1F. The molecule has 17 nitrogen and oxygen atoms in total. The zero-order valence-electron chi connectivity index (χ0n) is 46.5. The highest BCUT2D eigenvalue weighted by Gasteiger charge is 2.45. The molecule has 3 aromatic carbocycles. The summed E-state index contributed by atoms with van der Waals surface area (Å²) in [4.78, 5) is 79.2. The smallest absolute Gasteiger partial charge is 0.408 e. The van der Waals surface area contributed by atoms with Crippen molar-refractivity contribution in [2.45, 2.75) is 115 Å². The minimum atomic E-state index is -4.52. The van der Waals surface area contributed by atoms with Crippen LogP contribution in [0.2, 0.25) is 0 Å². The number of alkyl halides is 3. The van der Waals surface area contributed by atoms with Crippen molar-refractivity contribution in [3.63, 3.8) is 0 Å². The van der Waals surface area contributed by atoms with E-state index >= 15 is 8.78 Å². The van der Waals surface area contributed by atoms with Crippen LogP contribution in [-0.4, -0.2) is 110 Å². The number of halogens is 10. The molecule has 0 aliphatic carbocycles. The van der Waals surface area contributed by atoms with Crippen molar-refractivity contribution in [3.8, 4) is 11.1 Å². The van der Waals surface area contributed by atoms with Crippen molar-refractivity contribution in [1.82, 2.24) is 29.2 Å². The van der Waals surface area contributed by atoms with Gasteiger partial charge in [0.25, 0.3) is 11.5 Å². The van der Waals surface area contributed by atoms with Gasteiger partial charge in [-0.15, -0.1) is 0 Å². The van der Waals surface area contributed by atoms with Gasteiger partial charge in [-0.2, -0.15) is 13.2 Å². The number of methoxy groups -OCH3 is 1. The van der Waals surface area contributed by atoms with Crippen LogP contribution in [0.25, 0.3) is 16.8 Å². The first-order chi connectivity index (χ1) is 39.6. The zero-order valence-corrected chi connectivity index (χ0v) is 48.1. The third-order valence-electron chi connectivity index (χ3n) is 14.7. The van der Waals surface area contributed by atoms with Crippen LogP contribution < -0.4 is 31.7 Å². The number of carboxylic acid groups (broad SMARTS) is 2. The molecule has 3 fully saturated rings. The lowest BCUT2D eigenvalue weighted by Crippen LogP contribution is -2.48. The molecule has 9 rings (SSSR count). The standard InChI is InChI=1S/C30H32F2N6O5.C13H12F5NO2.C8H5BrF2O2.C6H13N/c1-16-7-5-6-11-37(16)19-13-21(31)25(22(32)14-19)27(39)34-23(29(41)42)15-18-8-9-20(26-33-10-12-38(18)26)24-17(2)35(3)30(43)36(4)28(24)40;14-8-5-7(6-9(15)11(8)12(20)21)19-4-2-1-3-10(19)13(16,17)18;1-13-8(12)7-5(10)2-4(9)3-6(7)11;1-6-4-2-3-5-7-6/h8-10,12-14,16,23H,5-7,11,15H2,1-4H3,(H,34,39)(H,41,42);5-6,10H,1-4H2,(H,20,21);2-3H,1H3;6-7H,2-5H2,1H3/t16-,23+;10-;;6-/m10.1/s1. The predicted octanol–water partition coefficient (Wildman–Crippen LogP) is 10.0. The number of piperidine rings is 3. The summed E-state index contributed by atoms with van der Waals surface area (Å²) >= 11 is 2.89. The minimum absolute atomic E-state index is 0.00940. The summed E-state index contributed by atoms with van der Waals surface area (Å²) < 4.78 is 131. The summed E-state index contributed by atoms with van der Waals surface area (Å²) in [5.74, 6) is -12.2. The number of carbonyl (C=O) groups is 4. The van der Waals surface area contributed by atoms with Gasteiger partial charge in [-0.25, -0.2) is 50.5 Å². The Balaban J connectivity index is 0.000000225. The van der Waals surface area contributed by atoms with Gasteiger partial charge in [-0.3, -0.25) is 14.2 Å². The van der Waals surface area contributed by atoms with Crippen molar-refractivity contribution in [3.05, 3.63) is 149 Å². The molecule has 3 saturated heterocycles. The van der Waals surface area contributed by atoms with Crippen LogP contribution in [0.15, 0.2) is 75.0 Å². The second-order valence-electron chi connectivity index (χ2n) is 20.3. The molecule has 4 N–H and O–H groups in total. The van der Waals surface area contributed by atoms with Gasteiger partial charge < -0.3 is 44.4 Å². The first kappa shape index (κ1) is 65.5. The number of aliphatic carboxylic acids is 1. The number of carboxylic acids is 2. The molecular weight excluding hydrogens is 1190 g/mol. The Morgan fingerprint density at radius 3 is 1.82 bits per heavy atom. The first-order valence-electron chi connectivity index (χ1n) is 26.6. The molecule has 0 unspecified atom stereocenters. The Kier molecular flexibility index (Phi) is 22.0. The predicted molar refractivity (Wildman–Crippen MR) is 297 cm³/mol. The minimum Gasteiger partial charge on any atom is -0.480 e. The number of ether oxygens (including phenoxy) is 1. The number of hydrogen-bond donors (Lipinski definition) is 4. The van der Waals surface area contributed by atoms with E-state index in [0.717, 1.165) is 66.1 Å². The van der Waals surface area contributed by atoms with Crippen LogP contribution in [0.3, 0.4) is 0 Å². The first-order valence-corrected chi connectivity index (χ1v) is 27.4. The van der Waals surface area contributed by atoms with Gasteiger partial charge in [-0.1, -0.05) is 22.4 Å². The Morgan fingerprint density at radius 2 is 1.31 bits per heavy atom. The Morgan fingerprint density at radius 1 is 0.762 bits per heavy atom. The van der Waals surface area contributed by atoms with E-state index in [9.17, 15) is 64.6 Å². The number of imidazole rings is 1. The number of esters is 1. The zero-order chi connectivity index (χ0) is 62.1. The lowest BCUT2D eigenvalue weighted by atomic mass is 10.00. The van der Waals surface area contributed by atoms with E-state index in [2.05, 4.69) is 43.2 Å². The lowest BCUT2D eigenvalue weighted by molar-refractivity contribution is -0.152. The van der Waals surface area contributed by atoms with Gasteiger partial charge in [0.15, 0.2) is 0 Å². The monoisotopic (exact) mass is 1250 g/mol. The summed E-state index contributed by atoms with van der Waals surface area (Å²) in [5.41, 5.74) is -1.83. The third-order valence-corrected chi connectivity index (χ3v) is 15.1. The number of hydrogen-bond acceptors (Lipinski definition) is 11.